The Balaban J connectivity index is 4.30. The van der Waals surface area contributed by atoms with E-state index >= 15 is 0 Å². The maximum atomic E-state index is 12.7. The van der Waals surface area contributed by atoms with E-state index in [9.17, 15) is 19.5 Å². The van der Waals surface area contributed by atoms with E-state index in [0.29, 0.717) is 23.9 Å². The van der Waals surface area contributed by atoms with Crippen LogP contribution >= 0.6 is 0 Å². The van der Waals surface area contributed by atoms with Crippen molar-refractivity contribution in [3.05, 3.63) is 48.6 Å². The Labute approximate surface area is 342 Å². The first kappa shape index (κ1) is 53.2. The number of esters is 2. The molecule has 0 aromatic rings. The minimum absolute atomic E-state index is 0.183. The highest BCUT2D eigenvalue weighted by atomic mass is 16.7. The molecule has 2 atom stereocenters. The fourth-order valence-electron chi connectivity index (χ4n) is 5.88. The van der Waals surface area contributed by atoms with Crippen LogP contribution in [0.25, 0.3) is 0 Å². The van der Waals surface area contributed by atoms with Crippen LogP contribution in [0.1, 0.15) is 174 Å². The minimum Gasteiger partial charge on any atom is -0.477 e. The quantitative estimate of drug-likeness (QED) is 0.0215. The molecule has 0 aromatic carbocycles. The number of likely N-dealkylation sites (N-methyl/N-ethyl adjacent to an activating group) is 1. The van der Waals surface area contributed by atoms with Gasteiger partial charge in [0, 0.05) is 12.8 Å². The van der Waals surface area contributed by atoms with Crippen molar-refractivity contribution in [1.29, 1.82) is 0 Å². The molecular weight excluding hydrogens is 707 g/mol. The summed E-state index contributed by atoms with van der Waals surface area (Å²) < 4.78 is 22.6. The predicted molar refractivity (Wildman–Crippen MR) is 230 cm³/mol. The molecule has 0 amide bonds. The molecule has 0 saturated heterocycles. The highest BCUT2D eigenvalue weighted by molar-refractivity contribution is 5.71. The number of carboxylic acid groups (broad SMARTS) is 1. The van der Waals surface area contributed by atoms with Gasteiger partial charge in [0.25, 0.3) is 6.29 Å². The monoisotopic (exact) mass is 791 g/mol. The van der Waals surface area contributed by atoms with Crippen molar-refractivity contribution in [3.8, 4) is 0 Å². The van der Waals surface area contributed by atoms with E-state index in [-0.39, 0.29) is 32.2 Å². The third-order valence-corrected chi connectivity index (χ3v) is 9.35. The van der Waals surface area contributed by atoms with Gasteiger partial charge in [-0.3, -0.25) is 9.59 Å². The molecule has 0 spiro atoms. The van der Waals surface area contributed by atoms with Gasteiger partial charge in [-0.25, -0.2) is 4.79 Å². The first-order valence-electron chi connectivity index (χ1n) is 22.3. The van der Waals surface area contributed by atoms with Crippen molar-refractivity contribution in [2.75, 3.05) is 47.5 Å². The molecule has 0 fully saturated rings. The number of allylic oxidation sites excluding steroid dienone is 8. The summed E-state index contributed by atoms with van der Waals surface area (Å²) in [5, 5.41) is 9.61. The summed E-state index contributed by atoms with van der Waals surface area (Å²) in [6.07, 6.45) is 41.8. The third-order valence-electron chi connectivity index (χ3n) is 9.35. The van der Waals surface area contributed by atoms with E-state index in [2.05, 4.69) is 62.5 Å². The van der Waals surface area contributed by atoms with Gasteiger partial charge in [-0.15, -0.1) is 0 Å². The maximum Gasteiger partial charge on any atom is 0.361 e. The average Bonchev–Trinajstić information content (AvgIpc) is 3.15. The number of ether oxygens (including phenoxy) is 4. The second-order valence-electron chi connectivity index (χ2n) is 16.0. The summed E-state index contributed by atoms with van der Waals surface area (Å²) in [5.41, 5.74) is 0. The van der Waals surface area contributed by atoms with Crippen molar-refractivity contribution in [2.24, 2.45) is 0 Å². The highest BCUT2D eigenvalue weighted by Crippen LogP contribution is 2.14. The van der Waals surface area contributed by atoms with E-state index in [1.54, 1.807) is 0 Å². The lowest BCUT2D eigenvalue weighted by Gasteiger charge is -2.25. The number of carboxylic acids is 1. The number of carbonyl (C=O) groups is 3. The van der Waals surface area contributed by atoms with Crippen molar-refractivity contribution in [3.63, 3.8) is 0 Å². The Morgan fingerprint density at radius 1 is 0.554 bits per heavy atom. The lowest BCUT2D eigenvalue weighted by molar-refractivity contribution is -0.870. The molecule has 0 aliphatic rings. The summed E-state index contributed by atoms with van der Waals surface area (Å²) in [5.74, 6) is -2.02. The van der Waals surface area contributed by atoms with Crippen LogP contribution in [0.5, 0.6) is 0 Å². The van der Waals surface area contributed by atoms with Gasteiger partial charge in [-0.1, -0.05) is 159 Å². The number of hydrogen-bond acceptors (Lipinski definition) is 7. The molecular formula is C47H84NO8+. The molecule has 0 aliphatic carbocycles. The molecule has 0 saturated carbocycles. The lowest BCUT2D eigenvalue weighted by atomic mass is 10.0. The van der Waals surface area contributed by atoms with Crippen LogP contribution in [0.2, 0.25) is 0 Å². The van der Waals surface area contributed by atoms with Crippen LogP contribution in [0.3, 0.4) is 0 Å². The van der Waals surface area contributed by atoms with Gasteiger partial charge in [0.2, 0.25) is 0 Å². The SMILES string of the molecule is CC/C=C\C/C=C\C/C=C\C/C=C\CCCCCCCCCCCCC(=O)OC(COC(=O)CCCCCCCCCC)COC(OCC[N+](C)(C)C)C(=O)O. The Kier molecular flexibility index (Phi) is 37.2. The van der Waals surface area contributed by atoms with Crippen LogP contribution < -0.4 is 0 Å². The Morgan fingerprint density at radius 3 is 1.52 bits per heavy atom. The third kappa shape index (κ3) is 39.5. The summed E-state index contributed by atoms with van der Waals surface area (Å²) in [6.45, 7) is 4.71. The summed E-state index contributed by atoms with van der Waals surface area (Å²) in [6, 6.07) is 0. The Bertz CT molecular complexity index is 1060. The largest absolute Gasteiger partial charge is 0.477 e. The molecule has 0 rings (SSSR count). The van der Waals surface area contributed by atoms with E-state index in [0.717, 1.165) is 70.6 Å². The van der Waals surface area contributed by atoms with Gasteiger partial charge < -0.3 is 28.5 Å². The summed E-state index contributed by atoms with van der Waals surface area (Å²) in [4.78, 5) is 36.9. The highest BCUT2D eigenvalue weighted by Gasteiger charge is 2.25. The minimum atomic E-state index is -1.51. The van der Waals surface area contributed by atoms with Crippen LogP contribution in [-0.2, 0) is 33.3 Å². The van der Waals surface area contributed by atoms with E-state index in [1.807, 2.05) is 21.1 Å². The number of nitrogens with zero attached hydrogens (tertiary/aromatic N) is 1. The van der Waals surface area contributed by atoms with Crippen molar-refractivity contribution >= 4 is 17.9 Å². The molecule has 0 radical (unpaired) electrons. The van der Waals surface area contributed by atoms with Crippen molar-refractivity contribution < 1.29 is 42.9 Å². The van der Waals surface area contributed by atoms with Crippen LogP contribution in [-0.4, -0.2) is 87.4 Å². The van der Waals surface area contributed by atoms with Gasteiger partial charge in [-0.05, 0) is 51.4 Å². The normalized spacial score (nSPS) is 13.4. The standard InChI is InChI=1S/C47H83NO8/c1-6-8-10-12-14-16-17-18-19-20-21-22-23-24-25-26-27-28-29-30-32-34-36-38-45(50)56-43(42-55-47(46(51)52)53-40-39-48(3,4)5)41-54-44(49)37-35-33-31-15-13-11-9-7-2/h8,10,14,16,18-19,21-22,43,47H,6-7,9,11-13,15,17,20,23-42H2,1-5H3/p+1/b10-8-,16-14-,19-18-,22-21-. The number of unbranched alkanes of at least 4 members (excludes halogenated alkanes) is 17. The van der Waals surface area contributed by atoms with Crippen LogP contribution in [0, 0.1) is 0 Å². The molecule has 0 aliphatic heterocycles. The molecule has 0 heterocycles. The molecule has 0 aromatic heterocycles. The zero-order valence-corrected chi connectivity index (χ0v) is 36.5. The summed E-state index contributed by atoms with van der Waals surface area (Å²) >= 11 is 0. The fraction of sp³-hybridized carbons (Fsp3) is 0.766. The fourth-order valence-corrected chi connectivity index (χ4v) is 5.88. The van der Waals surface area contributed by atoms with Gasteiger partial charge in [0.15, 0.2) is 6.10 Å². The second-order valence-corrected chi connectivity index (χ2v) is 16.0. The van der Waals surface area contributed by atoms with Gasteiger partial charge in [-0.2, -0.15) is 0 Å². The smallest absolute Gasteiger partial charge is 0.361 e. The Morgan fingerprint density at radius 2 is 1.02 bits per heavy atom. The second kappa shape index (κ2) is 39.1. The number of hydrogen-bond donors (Lipinski definition) is 1. The Hall–Kier alpha value is -2.75. The summed E-state index contributed by atoms with van der Waals surface area (Å²) in [7, 11) is 5.94. The van der Waals surface area contributed by atoms with Crippen LogP contribution in [0.4, 0.5) is 0 Å². The number of rotatable bonds is 40. The molecule has 9 nitrogen and oxygen atoms in total. The van der Waals surface area contributed by atoms with E-state index < -0.39 is 24.3 Å². The van der Waals surface area contributed by atoms with Crippen molar-refractivity contribution in [2.45, 2.75) is 187 Å². The lowest BCUT2D eigenvalue weighted by Crippen LogP contribution is -2.40. The first-order valence-corrected chi connectivity index (χ1v) is 22.3. The predicted octanol–water partition coefficient (Wildman–Crippen LogP) is 11.6. The van der Waals surface area contributed by atoms with Gasteiger partial charge in [0.05, 0.1) is 34.4 Å². The number of carbonyl (C=O) groups excluding carboxylic acids is 2. The van der Waals surface area contributed by atoms with Gasteiger partial charge in [0.1, 0.15) is 13.2 Å². The van der Waals surface area contributed by atoms with E-state index in [1.165, 1.54) is 70.6 Å². The molecule has 56 heavy (non-hydrogen) atoms. The topological polar surface area (TPSA) is 108 Å². The van der Waals surface area contributed by atoms with Crippen LogP contribution in [0.15, 0.2) is 48.6 Å². The molecule has 0 bridgehead atoms. The first-order chi connectivity index (χ1) is 27.1. The molecule has 1 N–H and O–H groups in total. The molecule has 9 heteroatoms. The van der Waals surface area contributed by atoms with Crippen molar-refractivity contribution in [1.82, 2.24) is 0 Å². The molecule has 324 valence electrons. The average molecular weight is 791 g/mol. The zero-order chi connectivity index (χ0) is 41.4. The maximum absolute atomic E-state index is 12.7. The molecule has 2 unspecified atom stereocenters. The number of aliphatic carboxylic acids is 1. The van der Waals surface area contributed by atoms with Gasteiger partial charge >= 0.3 is 17.9 Å². The zero-order valence-electron chi connectivity index (χ0n) is 36.5. The van der Waals surface area contributed by atoms with E-state index in [4.69, 9.17) is 18.9 Å². The number of quaternary nitrogens is 1.